The van der Waals surface area contributed by atoms with Crippen LogP contribution in [-0.4, -0.2) is 102 Å². The van der Waals surface area contributed by atoms with E-state index in [1.165, 1.54) is 52.4 Å². The number of amides is 4. The maximum Gasteiger partial charge on any atom is 0.352 e. The van der Waals surface area contributed by atoms with Gasteiger partial charge in [0, 0.05) is 36.3 Å². The molecule has 5 rings (SSSR count). The van der Waals surface area contributed by atoms with Gasteiger partial charge in [-0.15, -0.1) is 45.7 Å². The van der Waals surface area contributed by atoms with Gasteiger partial charge >= 0.3 is 17.9 Å². The fraction of sp³-hybridized carbons (Fsp3) is 0.250. The van der Waals surface area contributed by atoms with Crippen molar-refractivity contribution in [2.24, 2.45) is 5.16 Å². The van der Waals surface area contributed by atoms with Crippen LogP contribution >= 0.6 is 58.6 Å². The average molecular weight is 828 g/mol. The number of carboxylic acid groups (broad SMARTS) is 1. The molecule has 4 amide bonds. The van der Waals surface area contributed by atoms with E-state index in [0.29, 0.717) is 9.91 Å². The number of oxime groups is 1. The quantitative estimate of drug-likeness (QED) is 0.0393. The number of halogens is 1. The van der Waals surface area contributed by atoms with Crippen LogP contribution in [0, 0.1) is 0 Å². The van der Waals surface area contributed by atoms with Crippen molar-refractivity contribution < 1.29 is 53.0 Å². The Hall–Kier alpha value is -5.30. The van der Waals surface area contributed by atoms with Crippen LogP contribution < -0.4 is 31.4 Å². The number of fused-ring (bicyclic) bond motifs is 1. The summed E-state index contributed by atoms with van der Waals surface area (Å²) in [7, 11) is 0. The summed E-state index contributed by atoms with van der Waals surface area (Å²) < 4.78 is 10.6. The lowest BCUT2D eigenvalue weighted by molar-refractivity contribution is -0.150. The summed E-state index contributed by atoms with van der Waals surface area (Å²) in [5.74, 6) is -5.83. The van der Waals surface area contributed by atoms with Crippen LogP contribution in [0.5, 0.6) is 11.5 Å². The Balaban J connectivity index is 0.00000627. The number of thiazole rings is 1. The van der Waals surface area contributed by atoms with Gasteiger partial charge in [-0.2, -0.15) is 0 Å². The first-order chi connectivity index (χ1) is 24.8. The van der Waals surface area contributed by atoms with Gasteiger partial charge in [-0.3, -0.25) is 44.5 Å². The van der Waals surface area contributed by atoms with Crippen LogP contribution in [0.25, 0.3) is 0 Å². The summed E-state index contributed by atoms with van der Waals surface area (Å²) in [4.78, 5) is 96.8. The number of rotatable bonds is 13. The number of aliphatic carboxylic acids is 1. The second kappa shape index (κ2) is 18.0. The van der Waals surface area contributed by atoms with Crippen molar-refractivity contribution in [1.82, 2.24) is 36.2 Å². The van der Waals surface area contributed by atoms with Gasteiger partial charge in [0.1, 0.15) is 28.3 Å². The molecule has 3 aromatic rings. The van der Waals surface area contributed by atoms with Gasteiger partial charge in [-0.25, -0.2) is 9.78 Å². The van der Waals surface area contributed by atoms with Crippen molar-refractivity contribution in [3.05, 3.63) is 51.6 Å². The Bertz CT molecular complexity index is 2010. The van der Waals surface area contributed by atoms with Crippen molar-refractivity contribution in [2.45, 2.75) is 29.6 Å². The zero-order chi connectivity index (χ0) is 37.5. The summed E-state index contributed by atoms with van der Waals surface area (Å²) in [5, 5.41) is 24.6. The number of β-lactam (4-membered cyclic amide) rings is 1. The van der Waals surface area contributed by atoms with Gasteiger partial charge < -0.3 is 30.5 Å². The fourth-order valence-electron chi connectivity index (χ4n) is 4.49. The predicted octanol–water partition coefficient (Wildman–Crippen LogP) is 0.562. The smallest absolute Gasteiger partial charge is 0.352 e. The summed E-state index contributed by atoms with van der Waals surface area (Å²) in [5.41, 5.74) is 11.3. The second-order valence-electron chi connectivity index (χ2n) is 10.2. The molecule has 1 saturated heterocycles. The van der Waals surface area contributed by atoms with Crippen molar-refractivity contribution >= 4 is 111 Å². The molecule has 4 heterocycles. The Morgan fingerprint density at radius 2 is 1.83 bits per heavy atom. The number of hydrazine groups is 1. The molecule has 6 N–H and O–H groups in total. The lowest BCUT2D eigenvalue weighted by Crippen LogP contribution is -2.71. The zero-order valence-electron chi connectivity index (χ0n) is 27.0. The van der Waals surface area contributed by atoms with E-state index in [2.05, 4.69) is 36.5 Å². The van der Waals surface area contributed by atoms with Crippen LogP contribution in [0.15, 0.2) is 49.9 Å². The van der Waals surface area contributed by atoms with Crippen LogP contribution in [0.4, 0.5) is 5.13 Å². The molecule has 280 valence electrons. The molecule has 2 aromatic heterocycles. The van der Waals surface area contributed by atoms with Gasteiger partial charge in [0.25, 0.3) is 23.6 Å². The number of ether oxygens (including phenoxy) is 2. The highest BCUT2D eigenvalue weighted by atomic mass is 35.5. The lowest BCUT2D eigenvalue weighted by Gasteiger charge is -2.49. The standard InChI is InChI=1S/C28H25N9O11S4.ClH/c1-11(38)47-16-4-3-13(5-17(16)48-12(2)39)22(41)34-33-18(40)6-46-36-19(15-9-50-27(29)31-15)23(42)32-20-24(43)37-21(26(44)45)14(7-49-25(20)37)8-51-28-35-30-10-52-28;/h3-5,9-10,20,25H,6-8H2,1-2H3,(H2,29,31)(H,32,42)(H,33,40)(H,34,41)(H,44,45);1H/t20?,25-;/m0./s1. The van der Waals surface area contributed by atoms with Gasteiger partial charge in [0.2, 0.25) is 0 Å². The van der Waals surface area contributed by atoms with Gasteiger partial charge in [0.05, 0.1) is 0 Å². The van der Waals surface area contributed by atoms with Gasteiger partial charge in [0.15, 0.2) is 33.3 Å². The number of benzene rings is 1. The molecule has 2 aliphatic heterocycles. The number of nitrogens with zero attached hydrogens (tertiary/aromatic N) is 5. The maximum atomic E-state index is 13.4. The third-order valence-electron chi connectivity index (χ3n) is 6.61. The Kier molecular flexibility index (Phi) is 13.7. The minimum atomic E-state index is -1.29. The molecule has 1 aromatic carbocycles. The average Bonchev–Trinajstić information content (AvgIpc) is 3.78. The van der Waals surface area contributed by atoms with E-state index in [0.717, 1.165) is 36.2 Å². The van der Waals surface area contributed by atoms with E-state index in [1.807, 2.05) is 0 Å². The highest BCUT2D eigenvalue weighted by molar-refractivity contribution is 8.01. The first-order valence-corrected chi connectivity index (χ1v) is 18.2. The molecule has 0 saturated carbocycles. The highest BCUT2D eigenvalue weighted by Crippen LogP contribution is 2.41. The van der Waals surface area contributed by atoms with E-state index < -0.39 is 65.3 Å². The molecule has 1 fully saturated rings. The van der Waals surface area contributed by atoms with E-state index in [1.54, 1.807) is 5.51 Å². The zero-order valence-corrected chi connectivity index (χ0v) is 31.1. The molecule has 1 unspecified atom stereocenters. The normalized spacial score (nSPS) is 16.3. The molecule has 2 atom stereocenters. The lowest BCUT2D eigenvalue weighted by atomic mass is 10.0. The number of carboxylic acids is 1. The number of nitrogens with one attached hydrogen (secondary N) is 3. The molecule has 0 radical (unpaired) electrons. The Morgan fingerprint density at radius 3 is 2.47 bits per heavy atom. The number of nitrogens with two attached hydrogens (primary N) is 1. The monoisotopic (exact) mass is 827 g/mol. The molecular formula is C28H26ClN9O11S4. The van der Waals surface area contributed by atoms with Crippen molar-refractivity contribution in [1.29, 1.82) is 0 Å². The molecule has 25 heteroatoms. The van der Waals surface area contributed by atoms with Crippen LogP contribution in [0.3, 0.4) is 0 Å². The van der Waals surface area contributed by atoms with Crippen molar-refractivity contribution in [2.75, 3.05) is 23.8 Å². The number of aromatic nitrogens is 3. The van der Waals surface area contributed by atoms with E-state index >= 15 is 0 Å². The van der Waals surface area contributed by atoms with E-state index in [-0.39, 0.29) is 57.5 Å². The molecular weight excluding hydrogens is 802 g/mol. The van der Waals surface area contributed by atoms with Gasteiger partial charge in [-0.1, -0.05) is 28.3 Å². The number of thioether (sulfide) groups is 2. The minimum Gasteiger partial charge on any atom is -0.477 e. The third kappa shape index (κ3) is 9.98. The fourth-order valence-corrected chi connectivity index (χ4v) is 8.01. The number of carbonyl (C=O) groups excluding carboxylic acids is 6. The topological polar surface area (TPSA) is 284 Å². The Morgan fingerprint density at radius 1 is 1.09 bits per heavy atom. The number of anilines is 1. The first-order valence-electron chi connectivity index (χ1n) is 14.4. The van der Waals surface area contributed by atoms with Crippen LogP contribution in [0.2, 0.25) is 0 Å². The summed E-state index contributed by atoms with van der Waals surface area (Å²) in [6, 6.07) is 2.46. The van der Waals surface area contributed by atoms with Crippen LogP contribution in [0.1, 0.15) is 29.9 Å². The summed E-state index contributed by atoms with van der Waals surface area (Å²) in [6.45, 7) is 1.44. The Labute approximate surface area is 320 Å². The number of hydrogen-bond donors (Lipinski definition) is 5. The number of nitrogen functional groups attached to an aromatic ring is 1. The second-order valence-corrected chi connectivity index (χ2v) is 14.3. The predicted molar refractivity (Wildman–Crippen MR) is 191 cm³/mol. The number of hydrogen-bond acceptors (Lipinski definition) is 19. The van der Waals surface area contributed by atoms with Gasteiger partial charge in [-0.05, 0) is 23.8 Å². The highest BCUT2D eigenvalue weighted by Gasteiger charge is 2.54. The SMILES string of the molecule is CC(=O)Oc1ccc(C(=O)NNC(=O)CON=C(C(=O)NC2C(=O)N3C(C(=O)O)=C(CSc4nncs4)CS[C@@H]23)c2csc(N)n2)cc1OC(C)=O.Cl. The maximum absolute atomic E-state index is 13.4. The number of esters is 2. The molecule has 0 spiro atoms. The van der Waals surface area contributed by atoms with Crippen molar-refractivity contribution in [3.63, 3.8) is 0 Å². The first kappa shape index (κ1) is 40.5. The molecule has 53 heavy (non-hydrogen) atoms. The molecule has 0 bridgehead atoms. The summed E-state index contributed by atoms with van der Waals surface area (Å²) >= 11 is 4.84. The van der Waals surface area contributed by atoms with Crippen molar-refractivity contribution in [3.8, 4) is 11.5 Å². The third-order valence-corrected chi connectivity index (χ3v) is 10.6. The van der Waals surface area contributed by atoms with Crippen LogP contribution in [-0.2, 0) is 33.6 Å². The molecule has 2 aliphatic rings. The summed E-state index contributed by atoms with van der Waals surface area (Å²) in [6.07, 6.45) is 0. The largest absolute Gasteiger partial charge is 0.477 e. The minimum absolute atomic E-state index is 0. The number of carbonyl (C=O) groups is 7. The molecule has 0 aliphatic carbocycles. The molecule has 20 nitrogen and oxygen atoms in total. The van der Waals surface area contributed by atoms with E-state index in [4.69, 9.17) is 20.0 Å². The van der Waals surface area contributed by atoms with E-state index in [9.17, 15) is 38.7 Å².